The number of amides is 2. The molecule has 2 rings (SSSR count). The van der Waals surface area contributed by atoms with E-state index in [0.717, 1.165) is 51.6 Å². The van der Waals surface area contributed by atoms with Crippen LogP contribution in [0.5, 0.6) is 0 Å². The zero-order chi connectivity index (χ0) is 16.3. The Morgan fingerprint density at radius 2 is 0.957 bits per heavy atom. The first-order valence-electron chi connectivity index (χ1n) is 9.83. The van der Waals surface area contributed by atoms with E-state index in [4.69, 9.17) is 0 Å². The van der Waals surface area contributed by atoms with Crippen LogP contribution in [0.4, 0.5) is 0 Å². The van der Waals surface area contributed by atoms with Gasteiger partial charge in [-0.3, -0.25) is 9.59 Å². The third-order valence-corrected chi connectivity index (χ3v) is 5.40. The van der Waals surface area contributed by atoms with Gasteiger partial charge in [0.15, 0.2) is 0 Å². The van der Waals surface area contributed by atoms with Gasteiger partial charge in [0.05, 0.1) is 0 Å². The van der Waals surface area contributed by atoms with Crippen LogP contribution < -0.4 is 10.6 Å². The van der Waals surface area contributed by atoms with E-state index in [2.05, 4.69) is 10.6 Å². The largest absolute Gasteiger partial charge is 0.356 e. The molecule has 2 saturated carbocycles. The molecule has 2 fully saturated rings. The molecule has 0 atom stereocenters. The fraction of sp³-hybridized carbons (Fsp3) is 0.895. The van der Waals surface area contributed by atoms with Crippen LogP contribution in [-0.2, 0) is 9.59 Å². The van der Waals surface area contributed by atoms with Crippen LogP contribution >= 0.6 is 0 Å². The molecule has 0 spiro atoms. The fourth-order valence-electron chi connectivity index (χ4n) is 3.87. The van der Waals surface area contributed by atoms with Crippen molar-refractivity contribution in [3.05, 3.63) is 0 Å². The first kappa shape index (κ1) is 18.3. The van der Waals surface area contributed by atoms with E-state index in [-0.39, 0.29) is 11.8 Å². The van der Waals surface area contributed by atoms with Crippen molar-refractivity contribution in [2.75, 3.05) is 13.1 Å². The SMILES string of the molecule is O=C(NCCCCCCCNC(=O)C1CCCC1)C1CCCC1. The second-order valence-corrected chi connectivity index (χ2v) is 7.31. The van der Waals surface area contributed by atoms with E-state index in [1.165, 1.54) is 44.9 Å². The highest BCUT2D eigenvalue weighted by atomic mass is 16.2. The monoisotopic (exact) mass is 322 g/mol. The van der Waals surface area contributed by atoms with Gasteiger partial charge in [0.2, 0.25) is 11.8 Å². The molecule has 0 aromatic rings. The first-order valence-corrected chi connectivity index (χ1v) is 9.83. The van der Waals surface area contributed by atoms with Crippen molar-refractivity contribution < 1.29 is 9.59 Å². The van der Waals surface area contributed by atoms with Crippen LogP contribution in [0.3, 0.4) is 0 Å². The minimum Gasteiger partial charge on any atom is -0.356 e. The summed E-state index contributed by atoms with van der Waals surface area (Å²) in [7, 11) is 0. The van der Waals surface area contributed by atoms with Crippen molar-refractivity contribution in [2.24, 2.45) is 11.8 Å². The summed E-state index contributed by atoms with van der Waals surface area (Å²) in [5.74, 6) is 1.13. The second kappa shape index (κ2) is 10.7. The smallest absolute Gasteiger partial charge is 0.223 e. The molecule has 2 aliphatic rings. The highest BCUT2D eigenvalue weighted by Gasteiger charge is 2.22. The number of nitrogens with one attached hydrogen (secondary N) is 2. The molecule has 0 heterocycles. The predicted molar refractivity (Wildman–Crippen MR) is 93.0 cm³/mol. The maximum atomic E-state index is 11.8. The first-order chi connectivity index (χ1) is 11.3. The Morgan fingerprint density at radius 3 is 1.35 bits per heavy atom. The highest BCUT2D eigenvalue weighted by molar-refractivity contribution is 5.79. The second-order valence-electron chi connectivity index (χ2n) is 7.31. The van der Waals surface area contributed by atoms with Gasteiger partial charge < -0.3 is 10.6 Å². The van der Waals surface area contributed by atoms with E-state index in [0.29, 0.717) is 11.8 Å². The van der Waals surface area contributed by atoms with Crippen LogP contribution in [-0.4, -0.2) is 24.9 Å². The van der Waals surface area contributed by atoms with Crippen LogP contribution in [0, 0.1) is 11.8 Å². The van der Waals surface area contributed by atoms with E-state index in [1.54, 1.807) is 0 Å². The van der Waals surface area contributed by atoms with Gasteiger partial charge in [-0.2, -0.15) is 0 Å². The van der Waals surface area contributed by atoms with Crippen LogP contribution in [0.15, 0.2) is 0 Å². The lowest BCUT2D eigenvalue weighted by Crippen LogP contribution is -2.30. The molecule has 0 aromatic carbocycles. The third kappa shape index (κ3) is 6.92. The van der Waals surface area contributed by atoms with E-state index >= 15 is 0 Å². The summed E-state index contributed by atoms with van der Waals surface area (Å²) in [5, 5.41) is 6.15. The Labute approximate surface area is 141 Å². The molecule has 0 aromatic heterocycles. The van der Waals surface area contributed by atoms with E-state index in [1.807, 2.05) is 0 Å². The molecule has 0 unspecified atom stereocenters. The fourth-order valence-corrected chi connectivity index (χ4v) is 3.87. The zero-order valence-corrected chi connectivity index (χ0v) is 14.6. The topological polar surface area (TPSA) is 58.2 Å². The standard InChI is InChI=1S/C19H34N2O2/c22-18(16-10-4-5-11-16)20-14-8-2-1-3-9-15-21-19(23)17-12-6-7-13-17/h16-17H,1-15H2,(H,20,22)(H,21,23). The molecular formula is C19H34N2O2. The summed E-state index contributed by atoms with van der Waals surface area (Å²) < 4.78 is 0. The average molecular weight is 322 g/mol. The Hall–Kier alpha value is -1.06. The summed E-state index contributed by atoms with van der Waals surface area (Å²) >= 11 is 0. The number of hydrogen-bond acceptors (Lipinski definition) is 2. The zero-order valence-electron chi connectivity index (χ0n) is 14.6. The molecule has 132 valence electrons. The predicted octanol–water partition coefficient (Wildman–Crippen LogP) is 3.55. The van der Waals surface area contributed by atoms with Gasteiger partial charge in [-0.1, -0.05) is 44.9 Å². The van der Waals surface area contributed by atoms with Crippen molar-refractivity contribution >= 4 is 11.8 Å². The minimum absolute atomic E-state index is 0.275. The molecule has 0 aliphatic heterocycles. The summed E-state index contributed by atoms with van der Waals surface area (Å²) in [4.78, 5) is 23.7. The van der Waals surface area contributed by atoms with Gasteiger partial charge in [-0.05, 0) is 38.5 Å². The molecule has 2 aliphatic carbocycles. The van der Waals surface area contributed by atoms with Crippen LogP contribution in [0.1, 0.15) is 83.5 Å². The number of carbonyl (C=O) groups is 2. The molecule has 2 amide bonds. The summed E-state index contributed by atoms with van der Waals surface area (Å²) in [6.07, 6.45) is 14.9. The van der Waals surface area contributed by atoms with Crippen molar-refractivity contribution in [1.82, 2.24) is 10.6 Å². The molecule has 2 N–H and O–H groups in total. The molecule has 4 heteroatoms. The number of carbonyl (C=O) groups excluding carboxylic acids is 2. The number of hydrogen-bond donors (Lipinski definition) is 2. The normalized spacial score (nSPS) is 19.1. The number of unbranched alkanes of at least 4 members (excludes halogenated alkanes) is 4. The maximum Gasteiger partial charge on any atom is 0.223 e. The molecule has 23 heavy (non-hydrogen) atoms. The van der Waals surface area contributed by atoms with Gasteiger partial charge >= 0.3 is 0 Å². The van der Waals surface area contributed by atoms with E-state index in [9.17, 15) is 9.59 Å². The van der Waals surface area contributed by atoms with Crippen LogP contribution in [0.2, 0.25) is 0 Å². The van der Waals surface area contributed by atoms with Crippen molar-refractivity contribution in [2.45, 2.75) is 83.5 Å². The van der Waals surface area contributed by atoms with Crippen molar-refractivity contribution in [3.63, 3.8) is 0 Å². The quantitative estimate of drug-likeness (QED) is 0.604. The molecule has 0 bridgehead atoms. The van der Waals surface area contributed by atoms with E-state index < -0.39 is 0 Å². The minimum atomic E-state index is 0.275. The Kier molecular flexibility index (Phi) is 8.48. The molecule has 0 saturated heterocycles. The van der Waals surface area contributed by atoms with Gasteiger partial charge in [0, 0.05) is 24.9 Å². The Balaban J connectivity index is 1.35. The third-order valence-electron chi connectivity index (χ3n) is 5.40. The van der Waals surface area contributed by atoms with Gasteiger partial charge in [-0.15, -0.1) is 0 Å². The number of rotatable bonds is 10. The van der Waals surface area contributed by atoms with Gasteiger partial charge in [0.25, 0.3) is 0 Å². The van der Waals surface area contributed by atoms with Crippen molar-refractivity contribution in [3.8, 4) is 0 Å². The summed E-state index contributed by atoms with van der Waals surface area (Å²) in [6.45, 7) is 1.65. The molecular weight excluding hydrogens is 288 g/mol. The lowest BCUT2D eigenvalue weighted by atomic mass is 10.1. The summed E-state index contributed by atoms with van der Waals surface area (Å²) in [5.41, 5.74) is 0. The lowest BCUT2D eigenvalue weighted by molar-refractivity contribution is -0.125. The van der Waals surface area contributed by atoms with Gasteiger partial charge in [0.1, 0.15) is 0 Å². The Morgan fingerprint density at radius 1 is 0.609 bits per heavy atom. The lowest BCUT2D eigenvalue weighted by Gasteiger charge is -2.11. The molecule has 4 nitrogen and oxygen atoms in total. The molecule has 0 radical (unpaired) electrons. The maximum absolute atomic E-state index is 11.8. The van der Waals surface area contributed by atoms with Gasteiger partial charge in [-0.25, -0.2) is 0 Å². The van der Waals surface area contributed by atoms with Crippen molar-refractivity contribution in [1.29, 1.82) is 0 Å². The summed E-state index contributed by atoms with van der Waals surface area (Å²) in [6, 6.07) is 0. The average Bonchev–Trinajstić information content (AvgIpc) is 3.25. The highest BCUT2D eigenvalue weighted by Crippen LogP contribution is 2.25. The Bertz CT molecular complexity index is 324. The van der Waals surface area contributed by atoms with Crippen LogP contribution in [0.25, 0.3) is 0 Å².